The van der Waals surface area contributed by atoms with Gasteiger partial charge in [0.2, 0.25) is 5.91 Å². The van der Waals surface area contributed by atoms with E-state index in [-0.39, 0.29) is 35.7 Å². The normalized spacial score (nSPS) is 14.6. The van der Waals surface area contributed by atoms with E-state index in [4.69, 9.17) is 4.99 Å². The fourth-order valence-electron chi connectivity index (χ4n) is 2.99. The molecule has 1 heterocycles. The molecule has 1 aromatic carbocycles. The molecule has 2 rings (SSSR count). The predicted octanol–water partition coefficient (Wildman–Crippen LogP) is 2.40. The Hall–Kier alpha value is -1.58. The first-order valence-electron chi connectivity index (χ1n) is 9.26. The summed E-state index contributed by atoms with van der Waals surface area (Å²) >= 11 is 0. The lowest BCUT2D eigenvalue weighted by atomic mass is 10.2. The summed E-state index contributed by atoms with van der Waals surface area (Å²) in [6, 6.07) is 6.63. The highest BCUT2D eigenvalue weighted by Crippen LogP contribution is 2.14. The van der Waals surface area contributed by atoms with Crippen molar-refractivity contribution >= 4 is 41.5 Å². The highest BCUT2D eigenvalue weighted by Gasteiger charge is 2.20. The molecule has 1 aromatic rings. The van der Waals surface area contributed by atoms with Crippen molar-refractivity contribution in [2.24, 2.45) is 4.99 Å². The lowest BCUT2D eigenvalue weighted by Gasteiger charge is -2.36. The number of nitrogens with zero attached hydrogens (tertiary/aromatic N) is 4. The molecule has 1 aliphatic heterocycles. The number of benzene rings is 1. The minimum absolute atomic E-state index is 0. The summed E-state index contributed by atoms with van der Waals surface area (Å²) in [7, 11) is 1.96. The zero-order valence-corrected chi connectivity index (χ0v) is 18.8. The molecule has 0 radical (unpaired) electrons. The summed E-state index contributed by atoms with van der Waals surface area (Å²) in [6.07, 6.45) is 0.884. The first-order valence-corrected chi connectivity index (χ1v) is 9.26. The van der Waals surface area contributed by atoms with Crippen LogP contribution >= 0.6 is 24.0 Å². The fraction of sp³-hybridized carbons (Fsp3) is 0.579. The van der Waals surface area contributed by atoms with Crippen molar-refractivity contribution in [2.45, 2.75) is 20.3 Å². The fourth-order valence-corrected chi connectivity index (χ4v) is 2.99. The second-order valence-electron chi connectivity index (χ2n) is 6.48. The molecule has 1 aliphatic rings. The van der Waals surface area contributed by atoms with Gasteiger partial charge in [0.25, 0.3) is 0 Å². The van der Waals surface area contributed by atoms with Crippen molar-refractivity contribution in [2.75, 3.05) is 57.8 Å². The van der Waals surface area contributed by atoms with E-state index in [2.05, 4.69) is 17.1 Å². The van der Waals surface area contributed by atoms with E-state index in [1.54, 1.807) is 19.1 Å². The number of halogens is 2. The Morgan fingerprint density at radius 1 is 1.26 bits per heavy atom. The van der Waals surface area contributed by atoms with Gasteiger partial charge in [0.15, 0.2) is 5.96 Å². The minimum atomic E-state index is -0.216. The van der Waals surface area contributed by atoms with Gasteiger partial charge in [-0.25, -0.2) is 4.39 Å². The maximum Gasteiger partial charge on any atom is 0.219 e. The number of anilines is 1. The first kappa shape index (κ1) is 23.5. The first-order chi connectivity index (χ1) is 12.5. The number of guanidine groups is 1. The third-order valence-electron chi connectivity index (χ3n) is 4.52. The van der Waals surface area contributed by atoms with E-state index in [1.807, 2.05) is 22.9 Å². The number of nitrogens with one attached hydrogen (secondary N) is 1. The molecule has 0 saturated carbocycles. The van der Waals surface area contributed by atoms with Crippen LogP contribution in [-0.4, -0.2) is 74.5 Å². The van der Waals surface area contributed by atoms with Crippen LogP contribution < -0.4 is 10.2 Å². The molecule has 0 unspecified atom stereocenters. The van der Waals surface area contributed by atoms with Crippen molar-refractivity contribution in [3.05, 3.63) is 30.1 Å². The van der Waals surface area contributed by atoms with Crippen LogP contribution in [0.25, 0.3) is 0 Å². The highest BCUT2D eigenvalue weighted by molar-refractivity contribution is 14.0. The van der Waals surface area contributed by atoms with E-state index in [1.165, 1.54) is 6.07 Å². The molecule has 0 aliphatic carbocycles. The second-order valence-corrected chi connectivity index (χ2v) is 6.48. The molecule has 1 fully saturated rings. The number of amides is 1. The van der Waals surface area contributed by atoms with Gasteiger partial charge in [-0.15, -0.1) is 24.0 Å². The monoisotopic (exact) mass is 491 g/mol. The molecule has 1 saturated heterocycles. The smallest absolute Gasteiger partial charge is 0.219 e. The Kier molecular flexibility index (Phi) is 10.4. The number of hydrogen-bond acceptors (Lipinski definition) is 3. The van der Waals surface area contributed by atoms with Crippen LogP contribution in [0, 0.1) is 5.82 Å². The Balaban J connectivity index is 0.00000364. The topological polar surface area (TPSA) is 51.2 Å². The molecule has 0 aromatic heterocycles. The number of rotatable bonds is 6. The Bertz CT molecular complexity index is 620. The van der Waals surface area contributed by atoms with Crippen LogP contribution in [0.5, 0.6) is 0 Å². The zero-order chi connectivity index (χ0) is 18.9. The van der Waals surface area contributed by atoms with E-state index in [0.717, 1.165) is 57.3 Å². The Morgan fingerprint density at radius 3 is 2.52 bits per heavy atom. The lowest BCUT2D eigenvalue weighted by molar-refractivity contribution is -0.130. The standard InChI is InChI=1S/C19H30FN5O.HI/c1-4-21-19(25-13-11-24(12-14-25)16(2)26)22-9-6-10-23(3)18-8-5-7-17(20)15-18;/h5,7-8,15H,4,6,9-14H2,1-3H3,(H,21,22);1H. The van der Waals surface area contributed by atoms with E-state index in [9.17, 15) is 9.18 Å². The van der Waals surface area contributed by atoms with Gasteiger partial charge in [-0.2, -0.15) is 0 Å². The van der Waals surface area contributed by atoms with Gasteiger partial charge in [0.05, 0.1) is 0 Å². The maximum atomic E-state index is 13.3. The van der Waals surface area contributed by atoms with Crippen LogP contribution in [0.2, 0.25) is 0 Å². The number of hydrogen-bond donors (Lipinski definition) is 1. The number of carbonyl (C=O) groups excluding carboxylic acids is 1. The highest BCUT2D eigenvalue weighted by atomic mass is 127. The number of aliphatic imine (C=N–C) groups is 1. The van der Waals surface area contributed by atoms with Crippen LogP contribution in [0.15, 0.2) is 29.3 Å². The van der Waals surface area contributed by atoms with Crippen molar-refractivity contribution in [3.63, 3.8) is 0 Å². The van der Waals surface area contributed by atoms with Gasteiger partial charge in [0, 0.05) is 65.5 Å². The minimum Gasteiger partial charge on any atom is -0.374 e. The van der Waals surface area contributed by atoms with Gasteiger partial charge < -0.3 is 20.0 Å². The lowest BCUT2D eigenvalue weighted by Crippen LogP contribution is -2.53. The third kappa shape index (κ3) is 7.51. The van der Waals surface area contributed by atoms with Crippen LogP contribution in [0.4, 0.5) is 10.1 Å². The maximum absolute atomic E-state index is 13.3. The van der Waals surface area contributed by atoms with E-state index < -0.39 is 0 Å². The van der Waals surface area contributed by atoms with E-state index in [0.29, 0.717) is 6.54 Å². The molecule has 0 atom stereocenters. The molecule has 6 nitrogen and oxygen atoms in total. The van der Waals surface area contributed by atoms with E-state index >= 15 is 0 Å². The molecular formula is C19H31FIN5O. The van der Waals surface area contributed by atoms with Crippen LogP contribution in [0.1, 0.15) is 20.3 Å². The molecule has 27 heavy (non-hydrogen) atoms. The van der Waals surface area contributed by atoms with Crippen LogP contribution in [-0.2, 0) is 4.79 Å². The molecule has 152 valence electrons. The summed E-state index contributed by atoms with van der Waals surface area (Å²) in [4.78, 5) is 22.3. The molecule has 0 bridgehead atoms. The van der Waals surface area contributed by atoms with Crippen molar-refractivity contribution < 1.29 is 9.18 Å². The zero-order valence-electron chi connectivity index (χ0n) is 16.4. The quantitative estimate of drug-likeness (QED) is 0.288. The van der Waals surface area contributed by atoms with Crippen molar-refractivity contribution in [1.82, 2.24) is 15.1 Å². The van der Waals surface area contributed by atoms with Gasteiger partial charge >= 0.3 is 0 Å². The SMILES string of the molecule is CCNC(=NCCCN(C)c1cccc(F)c1)N1CCN(C(C)=O)CC1.I. The summed E-state index contributed by atoms with van der Waals surface area (Å²) in [5.41, 5.74) is 0.876. The molecule has 1 N–H and O–H groups in total. The Labute approximate surface area is 178 Å². The molecular weight excluding hydrogens is 460 g/mol. The van der Waals surface area contributed by atoms with Crippen molar-refractivity contribution in [3.8, 4) is 0 Å². The molecule has 1 amide bonds. The second kappa shape index (κ2) is 12.0. The number of piperazine rings is 1. The Morgan fingerprint density at radius 2 is 1.93 bits per heavy atom. The number of carbonyl (C=O) groups is 1. The van der Waals surface area contributed by atoms with Crippen molar-refractivity contribution in [1.29, 1.82) is 0 Å². The summed E-state index contributed by atoms with van der Waals surface area (Å²) < 4.78 is 13.3. The van der Waals surface area contributed by atoms with Gasteiger partial charge in [0.1, 0.15) is 5.82 Å². The summed E-state index contributed by atoms with van der Waals surface area (Å²) in [5, 5.41) is 3.33. The summed E-state index contributed by atoms with van der Waals surface area (Å²) in [6.45, 7) is 9.07. The predicted molar refractivity (Wildman–Crippen MR) is 120 cm³/mol. The van der Waals surface area contributed by atoms with Gasteiger partial charge in [-0.05, 0) is 31.5 Å². The third-order valence-corrected chi connectivity index (χ3v) is 4.52. The average Bonchev–Trinajstić information content (AvgIpc) is 2.64. The van der Waals surface area contributed by atoms with Crippen LogP contribution in [0.3, 0.4) is 0 Å². The van der Waals surface area contributed by atoms with Gasteiger partial charge in [-0.1, -0.05) is 6.07 Å². The average molecular weight is 491 g/mol. The van der Waals surface area contributed by atoms with Gasteiger partial charge in [-0.3, -0.25) is 9.79 Å². The molecule has 8 heteroatoms. The molecule has 0 spiro atoms. The summed E-state index contributed by atoms with van der Waals surface area (Å²) in [5.74, 6) is 0.822. The largest absolute Gasteiger partial charge is 0.374 e.